The average Bonchev–Trinajstić information content (AvgIpc) is 3.30. The van der Waals surface area contributed by atoms with Crippen LogP contribution in [-0.4, -0.2) is 14.5 Å². The molecular weight excluding hydrogens is 500 g/mol. The van der Waals surface area contributed by atoms with E-state index < -0.39 is 11.6 Å². The Morgan fingerprint density at radius 2 is 1.35 bits per heavy atom. The van der Waals surface area contributed by atoms with Gasteiger partial charge in [-0.25, -0.2) is 13.8 Å². The summed E-state index contributed by atoms with van der Waals surface area (Å²) in [5, 5.41) is 0. The molecule has 0 unspecified atom stereocenters. The highest BCUT2D eigenvalue weighted by molar-refractivity contribution is 5.68. The number of aryl methyl sites for hydroxylation is 1. The number of rotatable bonds is 11. The zero-order valence-electron chi connectivity index (χ0n) is 23.2. The highest BCUT2D eigenvalue weighted by atomic mass is 19.1. The highest BCUT2D eigenvalue weighted by Gasteiger charge is 2.22. The molecule has 0 aliphatic rings. The first kappa shape index (κ1) is 27.5. The Labute approximate surface area is 235 Å². The molecule has 4 aromatic carbocycles. The van der Waals surface area contributed by atoms with Gasteiger partial charge in [-0.15, -0.1) is 0 Å². The summed E-state index contributed by atoms with van der Waals surface area (Å²) in [5.74, 6) is -0.181. The third kappa shape index (κ3) is 6.72. The SMILES string of the molecule is CCCCn1c(-c2ccccc2)nc(-c2ccccc2)c1CN(Cc1cccc(C)c1)Cc1cc(F)cc(F)c1. The van der Waals surface area contributed by atoms with Gasteiger partial charge in [0.15, 0.2) is 0 Å². The van der Waals surface area contributed by atoms with Crippen molar-refractivity contribution in [1.82, 2.24) is 14.5 Å². The first-order chi connectivity index (χ1) is 19.5. The average molecular weight is 536 g/mol. The fourth-order valence-electron chi connectivity index (χ4n) is 5.25. The minimum atomic E-state index is -0.560. The monoisotopic (exact) mass is 535 g/mol. The van der Waals surface area contributed by atoms with E-state index in [0.29, 0.717) is 25.2 Å². The maximum atomic E-state index is 14.2. The molecule has 204 valence electrons. The van der Waals surface area contributed by atoms with E-state index in [4.69, 9.17) is 4.98 Å². The summed E-state index contributed by atoms with van der Waals surface area (Å²) in [7, 11) is 0. The predicted molar refractivity (Wildman–Crippen MR) is 158 cm³/mol. The number of hydrogen-bond donors (Lipinski definition) is 0. The Bertz CT molecular complexity index is 1520. The van der Waals surface area contributed by atoms with E-state index in [2.05, 4.69) is 71.8 Å². The van der Waals surface area contributed by atoms with Crippen LogP contribution in [0.25, 0.3) is 22.6 Å². The van der Waals surface area contributed by atoms with Crippen molar-refractivity contribution in [3.05, 3.63) is 137 Å². The van der Waals surface area contributed by atoms with Crippen LogP contribution in [0.4, 0.5) is 8.78 Å². The molecule has 0 atom stereocenters. The number of unbranched alkanes of at least 4 members (excludes halogenated alkanes) is 1. The molecule has 0 saturated carbocycles. The van der Waals surface area contributed by atoms with Gasteiger partial charge >= 0.3 is 0 Å². The van der Waals surface area contributed by atoms with Crippen molar-refractivity contribution < 1.29 is 8.78 Å². The van der Waals surface area contributed by atoms with E-state index in [9.17, 15) is 8.78 Å². The Balaban J connectivity index is 1.62. The quantitative estimate of drug-likeness (QED) is 0.168. The second-order valence-electron chi connectivity index (χ2n) is 10.4. The van der Waals surface area contributed by atoms with Crippen LogP contribution in [0.15, 0.2) is 103 Å². The molecule has 1 aromatic heterocycles. The summed E-state index contributed by atoms with van der Waals surface area (Å²) < 4.78 is 30.7. The van der Waals surface area contributed by atoms with Crippen LogP contribution in [-0.2, 0) is 26.2 Å². The normalized spacial score (nSPS) is 11.3. The van der Waals surface area contributed by atoms with Gasteiger partial charge in [-0.05, 0) is 36.6 Å². The third-order valence-corrected chi connectivity index (χ3v) is 7.08. The van der Waals surface area contributed by atoms with Crippen molar-refractivity contribution in [3.63, 3.8) is 0 Å². The molecule has 5 rings (SSSR count). The van der Waals surface area contributed by atoms with Gasteiger partial charge in [-0.2, -0.15) is 0 Å². The first-order valence-electron chi connectivity index (χ1n) is 13.9. The van der Waals surface area contributed by atoms with Gasteiger partial charge in [-0.3, -0.25) is 4.90 Å². The lowest BCUT2D eigenvalue weighted by Gasteiger charge is -2.25. The summed E-state index contributed by atoms with van der Waals surface area (Å²) in [6, 6.07) is 32.7. The van der Waals surface area contributed by atoms with E-state index in [-0.39, 0.29) is 0 Å². The van der Waals surface area contributed by atoms with Crippen LogP contribution in [0.2, 0.25) is 0 Å². The van der Waals surface area contributed by atoms with Gasteiger partial charge in [0.1, 0.15) is 17.5 Å². The fourth-order valence-corrected chi connectivity index (χ4v) is 5.25. The second-order valence-corrected chi connectivity index (χ2v) is 10.4. The van der Waals surface area contributed by atoms with Gasteiger partial charge in [-0.1, -0.05) is 104 Å². The van der Waals surface area contributed by atoms with E-state index in [1.165, 1.54) is 17.7 Å². The molecule has 5 aromatic rings. The molecule has 0 spiro atoms. The summed E-state index contributed by atoms with van der Waals surface area (Å²) in [6.07, 6.45) is 2.08. The molecule has 0 saturated heterocycles. The standard InChI is InChI=1S/C35H35F2N3/c1-3-4-18-40-33(34(29-14-7-5-8-15-29)38-35(40)30-16-9-6-10-17-30)25-39(23-27-13-11-12-26(2)19-27)24-28-20-31(36)22-32(37)21-28/h5-17,19-22H,3-4,18,23-25H2,1-2H3. The van der Waals surface area contributed by atoms with Crippen molar-refractivity contribution in [2.24, 2.45) is 0 Å². The molecule has 0 fully saturated rings. The molecule has 0 bridgehead atoms. The lowest BCUT2D eigenvalue weighted by Crippen LogP contribution is -2.25. The second kappa shape index (κ2) is 12.8. The number of hydrogen-bond acceptors (Lipinski definition) is 2. The molecule has 5 heteroatoms. The maximum Gasteiger partial charge on any atom is 0.140 e. The lowest BCUT2D eigenvalue weighted by molar-refractivity contribution is 0.240. The Morgan fingerprint density at radius 3 is 2.00 bits per heavy atom. The summed E-state index contributed by atoms with van der Waals surface area (Å²) in [4.78, 5) is 7.48. The topological polar surface area (TPSA) is 21.1 Å². The van der Waals surface area contributed by atoms with E-state index in [1.54, 1.807) is 0 Å². The largest absolute Gasteiger partial charge is 0.326 e. The van der Waals surface area contributed by atoms with E-state index >= 15 is 0 Å². The summed E-state index contributed by atoms with van der Waals surface area (Å²) in [5.41, 5.74) is 7.10. The van der Waals surface area contributed by atoms with Crippen LogP contribution < -0.4 is 0 Å². The first-order valence-corrected chi connectivity index (χ1v) is 13.9. The van der Waals surface area contributed by atoms with E-state index in [0.717, 1.165) is 59.4 Å². The number of halogens is 2. The Kier molecular flexibility index (Phi) is 8.82. The van der Waals surface area contributed by atoms with Gasteiger partial charge in [0.2, 0.25) is 0 Å². The zero-order chi connectivity index (χ0) is 27.9. The molecule has 3 nitrogen and oxygen atoms in total. The van der Waals surface area contributed by atoms with Crippen LogP contribution in [0.5, 0.6) is 0 Å². The van der Waals surface area contributed by atoms with Crippen molar-refractivity contribution in [3.8, 4) is 22.6 Å². The van der Waals surface area contributed by atoms with Gasteiger partial charge < -0.3 is 4.57 Å². The minimum Gasteiger partial charge on any atom is -0.326 e. The molecule has 0 radical (unpaired) electrons. The maximum absolute atomic E-state index is 14.2. The fraction of sp³-hybridized carbons (Fsp3) is 0.229. The summed E-state index contributed by atoms with van der Waals surface area (Å²) in [6.45, 7) is 6.71. The number of nitrogens with zero attached hydrogens (tertiary/aromatic N) is 3. The van der Waals surface area contributed by atoms with Crippen LogP contribution in [0.1, 0.15) is 42.1 Å². The summed E-state index contributed by atoms with van der Waals surface area (Å²) >= 11 is 0. The number of imidazole rings is 1. The molecular formula is C35H35F2N3. The van der Waals surface area contributed by atoms with Gasteiger partial charge in [0.25, 0.3) is 0 Å². The Hall–Kier alpha value is -4.09. The molecule has 0 N–H and O–H groups in total. The molecule has 1 heterocycles. The van der Waals surface area contributed by atoms with Crippen molar-refractivity contribution in [2.75, 3.05) is 0 Å². The number of benzene rings is 4. The molecule has 40 heavy (non-hydrogen) atoms. The molecule has 0 aliphatic carbocycles. The molecule has 0 aliphatic heterocycles. The van der Waals surface area contributed by atoms with Crippen LogP contribution in [0, 0.1) is 18.6 Å². The smallest absolute Gasteiger partial charge is 0.140 e. The number of aromatic nitrogens is 2. The van der Waals surface area contributed by atoms with Crippen LogP contribution >= 0.6 is 0 Å². The van der Waals surface area contributed by atoms with Crippen molar-refractivity contribution in [2.45, 2.75) is 52.9 Å². The van der Waals surface area contributed by atoms with Gasteiger partial charge in [0.05, 0.1) is 11.4 Å². The van der Waals surface area contributed by atoms with E-state index in [1.807, 2.05) is 36.4 Å². The lowest BCUT2D eigenvalue weighted by atomic mass is 10.1. The highest BCUT2D eigenvalue weighted by Crippen LogP contribution is 2.32. The van der Waals surface area contributed by atoms with Crippen molar-refractivity contribution >= 4 is 0 Å². The van der Waals surface area contributed by atoms with Crippen LogP contribution in [0.3, 0.4) is 0 Å². The van der Waals surface area contributed by atoms with Crippen molar-refractivity contribution in [1.29, 1.82) is 0 Å². The third-order valence-electron chi connectivity index (χ3n) is 7.08. The van der Waals surface area contributed by atoms with Gasteiger partial charge in [0, 0.05) is 43.4 Å². The zero-order valence-corrected chi connectivity index (χ0v) is 23.2. The molecule has 0 amide bonds. The predicted octanol–water partition coefficient (Wildman–Crippen LogP) is 8.81. The minimum absolute atomic E-state index is 0.399. The Morgan fingerprint density at radius 1 is 0.700 bits per heavy atom.